The van der Waals surface area contributed by atoms with Crippen molar-refractivity contribution in [2.24, 2.45) is 23.7 Å². The van der Waals surface area contributed by atoms with Crippen molar-refractivity contribution in [1.29, 1.82) is 0 Å². The van der Waals surface area contributed by atoms with Crippen LogP contribution in [0.15, 0.2) is 36.4 Å². The number of benzene rings is 2. The summed E-state index contributed by atoms with van der Waals surface area (Å²) in [7, 11) is -1.62. The molecule has 6 atom stereocenters. The van der Waals surface area contributed by atoms with Crippen LogP contribution in [-0.4, -0.2) is 106 Å². The molecule has 9 nitrogen and oxygen atoms in total. The Bertz CT molecular complexity index is 1660. The fraction of sp³-hybridized carbons (Fsp3) is 0.675. The average molecular weight is 740 g/mol. The Kier molecular flexibility index (Phi) is 11.5. The van der Waals surface area contributed by atoms with Crippen LogP contribution in [0.3, 0.4) is 0 Å². The van der Waals surface area contributed by atoms with Crippen LogP contribution < -0.4 is 14.4 Å². The second-order valence-electron chi connectivity index (χ2n) is 16.3. The van der Waals surface area contributed by atoms with Gasteiger partial charge in [-0.05, 0) is 124 Å². The molecule has 51 heavy (non-hydrogen) atoms. The van der Waals surface area contributed by atoms with E-state index in [4.69, 9.17) is 16.3 Å². The van der Waals surface area contributed by atoms with E-state index in [9.17, 15) is 13.2 Å². The molecule has 0 radical (unpaired) electrons. The molecule has 0 unspecified atom stereocenters. The maximum Gasteiger partial charge on any atom is 0.264 e. The van der Waals surface area contributed by atoms with Gasteiger partial charge in [0.15, 0.2) is 0 Å². The van der Waals surface area contributed by atoms with Gasteiger partial charge in [-0.3, -0.25) is 9.69 Å². The molecule has 4 heterocycles. The number of likely N-dealkylation sites (N-methyl/N-ethyl adjacent to an activating group) is 1. The maximum absolute atomic E-state index is 13.6. The monoisotopic (exact) mass is 739 g/mol. The molecule has 2 saturated heterocycles. The number of hydrogen-bond acceptors (Lipinski definition) is 8. The van der Waals surface area contributed by atoms with Crippen LogP contribution >= 0.6 is 11.6 Å². The van der Waals surface area contributed by atoms with E-state index in [0.29, 0.717) is 36.0 Å². The van der Waals surface area contributed by atoms with Crippen LogP contribution in [0, 0.1) is 23.7 Å². The summed E-state index contributed by atoms with van der Waals surface area (Å²) >= 11 is 6.41. The predicted molar refractivity (Wildman–Crippen MR) is 205 cm³/mol. The number of rotatable bonds is 2. The SMILES string of the molecule is C[C@@H]1[C@@H](C)CCC[C@@H](CN2CCN3CCN(C)C[C@H]3C2)[C@@H]2CC[C@H]2CN2CCCCc3cc(Cl)ccc3COc3ccc(cc32)C(=O)NS1(=O)=O. The van der Waals surface area contributed by atoms with E-state index in [1.165, 1.54) is 24.9 Å². The van der Waals surface area contributed by atoms with Gasteiger partial charge in [0.2, 0.25) is 10.0 Å². The number of halogens is 1. The summed E-state index contributed by atoms with van der Waals surface area (Å²) in [5.41, 5.74) is 3.56. The van der Waals surface area contributed by atoms with Crippen LogP contribution in [0.25, 0.3) is 0 Å². The standard InChI is InChI=1S/C40H58ClN5O4S/c1-28-7-6-9-32(23-44-18-20-45-19-17-43(3)25-36(45)26-44)37-14-11-33(37)24-46-16-5-4-8-30-21-35(41)13-10-34(30)27-50-39-15-12-31(22-38(39)46)40(47)42-51(48,49)29(28)2/h10,12-13,15,21-22,28-29,32-33,36-37H,4-9,11,14,16-20,23-27H2,1-3H3,(H,42,47)/t28-,29+,32-,33-,36-,37-/m0/s1. The molecule has 1 saturated carbocycles. The zero-order valence-electron chi connectivity index (χ0n) is 30.9. The number of nitrogens with one attached hydrogen (secondary N) is 1. The van der Waals surface area contributed by atoms with Crippen molar-refractivity contribution in [2.75, 3.05) is 70.9 Å². The number of sulfonamides is 1. The van der Waals surface area contributed by atoms with Crippen molar-refractivity contribution in [2.45, 2.75) is 83.1 Å². The van der Waals surface area contributed by atoms with Gasteiger partial charge in [0.05, 0.1) is 10.9 Å². The third kappa shape index (κ3) is 8.56. The van der Waals surface area contributed by atoms with Gasteiger partial charge < -0.3 is 19.4 Å². The quantitative estimate of drug-likeness (QED) is 0.408. The van der Waals surface area contributed by atoms with Crippen LogP contribution in [0.5, 0.6) is 5.75 Å². The van der Waals surface area contributed by atoms with Gasteiger partial charge >= 0.3 is 0 Å². The third-order valence-electron chi connectivity index (χ3n) is 13.0. The Morgan fingerprint density at radius 1 is 0.882 bits per heavy atom. The Labute approximate surface area is 311 Å². The van der Waals surface area contributed by atoms with E-state index in [2.05, 4.69) is 43.5 Å². The summed E-state index contributed by atoms with van der Waals surface area (Å²) < 4.78 is 36.1. The second-order valence-corrected chi connectivity index (χ2v) is 18.8. The molecule has 7 rings (SSSR count). The highest BCUT2D eigenvalue weighted by atomic mass is 35.5. The van der Waals surface area contributed by atoms with Crippen LogP contribution in [0.2, 0.25) is 5.02 Å². The minimum atomic E-state index is -3.87. The highest BCUT2D eigenvalue weighted by molar-refractivity contribution is 7.90. The van der Waals surface area contributed by atoms with E-state index in [0.717, 1.165) is 113 Å². The van der Waals surface area contributed by atoms with E-state index in [-0.39, 0.29) is 5.92 Å². The number of amides is 1. The Hall–Kier alpha value is -2.37. The number of ether oxygens (including phenoxy) is 1. The molecule has 2 bridgehead atoms. The highest BCUT2D eigenvalue weighted by Crippen LogP contribution is 2.45. The van der Waals surface area contributed by atoms with E-state index >= 15 is 0 Å². The number of fused-ring (bicyclic) bond motifs is 4. The molecule has 2 aromatic carbocycles. The van der Waals surface area contributed by atoms with Gasteiger partial charge in [-0.1, -0.05) is 31.0 Å². The summed E-state index contributed by atoms with van der Waals surface area (Å²) in [5.74, 6) is 1.85. The van der Waals surface area contributed by atoms with Crippen molar-refractivity contribution >= 4 is 33.2 Å². The Morgan fingerprint density at radius 2 is 1.73 bits per heavy atom. The number of carbonyl (C=O) groups is 1. The lowest BCUT2D eigenvalue weighted by atomic mass is 9.65. The predicted octanol–water partition coefficient (Wildman–Crippen LogP) is 5.90. The lowest BCUT2D eigenvalue weighted by Gasteiger charge is -2.49. The topological polar surface area (TPSA) is 85.4 Å². The molecule has 0 spiro atoms. The van der Waals surface area contributed by atoms with Gasteiger partial charge in [-0.2, -0.15) is 0 Å². The number of aryl methyl sites for hydroxylation is 1. The molecule has 11 heteroatoms. The van der Waals surface area contributed by atoms with Crippen LogP contribution in [-0.2, 0) is 23.1 Å². The largest absolute Gasteiger partial charge is 0.487 e. The lowest BCUT2D eigenvalue weighted by Crippen LogP contribution is -2.62. The molecule has 1 N–H and O–H groups in total. The van der Waals surface area contributed by atoms with Gasteiger partial charge in [-0.25, -0.2) is 13.1 Å². The first kappa shape index (κ1) is 37.0. The second kappa shape index (κ2) is 15.9. The number of nitrogens with zero attached hydrogens (tertiary/aromatic N) is 4. The summed E-state index contributed by atoms with van der Waals surface area (Å²) in [4.78, 5) is 24.0. The minimum Gasteiger partial charge on any atom is -0.487 e. The van der Waals surface area contributed by atoms with Crippen LogP contribution in [0.1, 0.15) is 80.3 Å². The Morgan fingerprint density at radius 3 is 2.55 bits per heavy atom. The molecule has 3 fully saturated rings. The number of anilines is 1. The number of carbonyl (C=O) groups excluding carboxylic acids is 1. The smallest absolute Gasteiger partial charge is 0.264 e. The fourth-order valence-electron chi connectivity index (χ4n) is 9.44. The molecular weight excluding hydrogens is 682 g/mol. The van der Waals surface area contributed by atoms with Gasteiger partial charge in [0, 0.05) is 75.5 Å². The molecule has 2 aromatic rings. The summed E-state index contributed by atoms with van der Waals surface area (Å²) in [5, 5.41) is 0.0665. The van der Waals surface area contributed by atoms with E-state index < -0.39 is 21.2 Å². The first-order valence-electron chi connectivity index (χ1n) is 19.5. The van der Waals surface area contributed by atoms with E-state index in [1.807, 2.05) is 25.1 Å². The van der Waals surface area contributed by atoms with Gasteiger partial charge in [0.25, 0.3) is 5.91 Å². The molecule has 1 aliphatic carbocycles. The first-order chi connectivity index (χ1) is 24.5. The maximum atomic E-state index is 13.6. The lowest BCUT2D eigenvalue weighted by molar-refractivity contribution is -0.000865. The Balaban J connectivity index is 1.19. The van der Waals surface area contributed by atoms with Crippen molar-refractivity contribution in [3.8, 4) is 5.75 Å². The highest BCUT2D eigenvalue weighted by Gasteiger charge is 2.40. The molecule has 1 amide bonds. The molecule has 4 aliphatic heterocycles. The molecule has 280 valence electrons. The fourth-order valence-corrected chi connectivity index (χ4v) is 10.9. The first-order valence-corrected chi connectivity index (χ1v) is 21.5. The summed E-state index contributed by atoms with van der Waals surface area (Å²) in [6.45, 7) is 14.0. The summed E-state index contributed by atoms with van der Waals surface area (Å²) in [6, 6.07) is 12.1. The van der Waals surface area contributed by atoms with E-state index in [1.54, 1.807) is 13.0 Å². The minimum absolute atomic E-state index is 0.0589. The number of hydrogen-bond donors (Lipinski definition) is 1. The normalized spacial score (nSPS) is 31.5. The zero-order chi connectivity index (χ0) is 35.7. The number of piperazine rings is 2. The summed E-state index contributed by atoms with van der Waals surface area (Å²) in [6.07, 6.45) is 8.35. The average Bonchev–Trinajstić information content (AvgIpc) is 3.12. The molecular formula is C40H58ClN5O4S. The van der Waals surface area contributed by atoms with Crippen molar-refractivity contribution < 1.29 is 17.9 Å². The van der Waals surface area contributed by atoms with Crippen molar-refractivity contribution in [1.82, 2.24) is 19.4 Å². The van der Waals surface area contributed by atoms with Gasteiger partial charge in [-0.15, -0.1) is 0 Å². The van der Waals surface area contributed by atoms with Crippen molar-refractivity contribution in [3.63, 3.8) is 0 Å². The van der Waals surface area contributed by atoms with Gasteiger partial charge in [0.1, 0.15) is 12.4 Å². The van der Waals surface area contributed by atoms with Crippen LogP contribution in [0.4, 0.5) is 5.69 Å². The molecule has 5 aliphatic rings. The molecule has 0 aromatic heterocycles. The van der Waals surface area contributed by atoms with Crippen molar-refractivity contribution in [3.05, 3.63) is 58.1 Å². The third-order valence-corrected chi connectivity index (χ3v) is 15.2. The zero-order valence-corrected chi connectivity index (χ0v) is 32.4.